The van der Waals surface area contributed by atoms with Crippen molar-refractivity contribution in [3.05, 3.63) is 77.8 Å². The number of aryl methyl sites for hydroxylation is 2. The van der Waals surface area contributed by atoms with Crippen LogP contribution in [-0.4, -0.2) is 43.3 Å². The standard InChI is InChI=1S/C24H21N7O3/c1-13-10-15(29-24(33)21-17-6-8-25-22(17)28-14(2)27-21)4-5-18(13)30-23(32)19-12-26-20-11-16(34-3)7-9-31(19)20/h4-12H,1-3H3,(H,29,33)(H,30,32)(H,25,27,28). The van der Waals surface area contributed by atoms with E-state index in [1.165, 1.54) is 6.20 Å². The van der Waals surface area contributed by atoms with Crippen molar-refractivity contribution in [3.8, 4) is 5.75 Å². The molecule has 0 bridgehead atoms. The number of nitrogens with zero attached hydrogens (tertiary/aromatic N) is 4. The van der Waals surface area contributed by atoms with E-state index >= 15 is 0 Å². The monoisotopic (exact) mass is 455 g/mol. The lowest BCUT2D eigenvalue weighted by atomic mass is 10.1. The number of nitrogens with one attached hydrogen (secondary N) is 3. The van der Waals surface area contributed by atoms with Gasteiger partial charge >= 0.3 is 0 Å². The van der Waals surface area contributed by atoms with E-state index in [1.54, 1.807) is 67.2 Å². The number of carbonyl (C=O) groups excluding carboxylic acids is 2. The minimum absolute atomic E-state index is 0.294. The van der Waals surface area contributed by atoms with Crippen LogP contribution < -0.4 is 15.4 Å². The Morgan fingerprint density at radius 3 is 2.68 bits per heavy atom. The summed E-state index contributed by atoms with van der Waals surface area (Å²) in [7, 11) is 1.58. The molecule has 1 aromatic carbocycles. The number of hydrogen-bond donors (Lipinski definition) is 3. The number of aromatic amines is 1. The molecule has 0 atom stereocenters. The summed E-state index contributed by atoms with van der Waals surface area (Å²) in [5.74, 6) is 0.518. The van der Waals surface area contributed by atoms with Gasteiger partial charge in [0.1, 0.15) is 34.3 Å². The average Bonchev–Trinajstić information content (AvgIpc) is 3.46. The molecule has 0 saturated heterocycles. The molecule has 0 saturated carbocycles. The van der Waals surface area contributed by atoms with Gasteiger partial charge in [-0.3, -0.25) is 14.0 Å². The molecule has 5 rings (SSSR count). The summed E-state index contributed by atoms with van der Waals surface area (Å²) >= 11 is 0. The van der Waals surface area contributed by atoms with Gasteiger partial charge in [0.2, 0.25) is 0 Å². The van der Waals surface area contributed by atoms with Gasteiger partial charge < -0.3 is 20.4 Å². The van der Waals surface area contributed by atoms with Crippen molar-refractivity contribution in [2.24, 2.45) is 0 Å². The number of amides is 2. The van der Waals surface area contributed by atoms with Gasteiger partial charge in [-0.2, -0.15) is 0 Å². The highest BCUT2D eigenvalue weighted by atomic mass is 16.5. The van der Waals surface area contributed by atoms with Crippen LogP contribution in [0.1, 0.15) is 32.4 Å². The molecule has 4 heterocycles. The lowest BCUT2D eigenvalue weighted by Crippen LogP contribution is -2.16. The molecule has 4 aromatic heterocycles. The Labute approximate surface area is 194 Å². The van der Waals surface area contributed by atoms with Crippen molar-refractivity contribution < 1.29 is 14.3 Å². The number of benzene rings is 1. The molecule has 34 heavy (non-hydrogen) atoms. The lowest BCUT2D eigenvalue weighted by molar-refractivity contribution is 0.101. The molecule has 0 fully saturated rings. The second-order valence-electron chi connectivity index (χ2n) is 7.74. The molecule has 0 radical (unpaired) electrons. The topological polar surface area (TPSA) is 126 Å². The number of hydrogen-bond acceptors (Lipinski definition) is 6. The van der Waals surface area contributed by atoms with E-state index in [1.807, 2.05) is 6.92 Å². The van der Waals surface area contributed by atoms with Crippen LogP contribution >= 0.6 is 0 Å². The third-order valence-electron chi connectivity index (χ3n) is 5.43. The van der Waals surface area contributed by atoms with Crippen LogP contribution in [-0.2, 0) is 0 Å². The molecule has 3 N–H and O–H groups in total. The SMILES string of the molecule is COc1ccn2c(C(=O)Nc3ccc(NC(=O)c4nc(C)nc5[nH]ccc45)cc3C)cnc2c1. The molecule has 0 unspecified atom stereocenters. The molecule has 0 aliphatic heterocycles. The Kier molecular flexibility index (Phi) is 5.17. The van der Waals surface area contributed by atoms with Crippen LogP contribution in [0.4, 0.5) is 11.4 Å². The van der Waals surface area contributed by atoms with Crippen LogP contribution in [0, 0.1) is 13.8 Å². The fraction of sp³-hybridized carbons (Fsp3) is 0.125. The van der Waals surface area contributed by atoms with Gasteiger partial charge in [0.05, 0.1) is 18.7 Å². The van der Waals surface area contributed by atoms with Gasteiger partial charge in [-0.1, -0.05) is 0 Å². The largest absolute Gasteiger partial charge is 0.497 e. The zero-order valence-electron chi connectivity index (χ0n) is 18.7. The summed E-state index contributed by atoms with van der Waals surface area (Å²) in [6.07, 6.45) is 4.97. The van der Waals surface area contributed by atoms with E-state index < -0.39 is 0 Å². The van der Waals surface area contributed by atoms with E-state index in [0.717, 1.165) is 5.56 Å². The van der Waals surface area contributed by atoms with Crippen LogP contribution in [0.15, 0.2) is 55.0 Å². The Bertz CT molecular complexity index is 1570. The smallest absolute Gasteiger partial charge is 0.275 e. The molecule has 5 aromatic rings. The van der Waals surface area contributed by atoms with Crippen molar-refractivity contribution in [1.29, 1.82) is 0 Å². The maximum Gasteiger partial charge on any atom is 0.275 e. The summed E-state index contributed by atoms with van der Waals surface area (Å²) in [5.41, 5.74) is 3.90. The number of rotatable bonds is 5. The first-order chi connectivity index (χ1) is 16.4. The predicted octanol–water partition coefficient (Wildman–Crippen LogP) is 3.74. The molecule has 2 amide bonds. The van der Waals surface area contributed by atoms with Crippen molar-refractivity contribution in [2.45, 2.75) is 13.8 Å². The molecular formula is C24H21N7O3. The Morgan fingerprint density at radius 2 is 1.88 bits per heavy atom. The van der Waals surface area contributed by atoms with Gasteiger partial charge in [-0.25, -0.2) is 15.0 Å². The molecule has 0 aliphatic carbocycles. The molecular weight excluding hydrogens is 434 g/mol. The maximum absolute atomic E-state index is 12.9. The van der Waals surface area contributed by atoms with Gasteiger partial charge in [0, 0.05) is 29.8 Å². The summed E-state index contributed by atoms with van der Waals surface area (Å²) in [6.45, 7) is 3.59. The average molecular weight is 455 g/mol. The second kappa shape index (κ2) is 8.32. The number of ether oxygens (including phenoxy) is 1. The highest BCUT2D eigenvalue weighted by Gasteiger charge is 2.17. The second-order valence-corrected chi connectivity index (χ2v) is 7.74. The van der Waals surface area contributed by atoms with Crippen molar-refractivity contribution in [1.82, 2.24) is 24.3 Å². The van der Waals surface area contributed by atoms with Crippen molar-refractivity contribution in [3.63, 3.8) is 0 Å². The maximum atomic E-state index is 12.9. The number of fused-ring (bicyclic) bond motifs is 2. The van der Waals surface area contributed by atoms with Gasteiger partial charge in [-0.15, -0.1) is 0 Å². The fourth-order valence-electron chi connectivity index (χ4n) is 3.74. The van der Waals surface area contributed by atoms with Crippen LogP contribution in [0.2, 0.25) is 0 Å². The van der Waals surface area contributed by atoms with Gasteiger partial charge in [0.15, 0.2) is 0 Å². The number of H-pyrrole nitrogens is 1. The summed E-state index contributed by atoms with van der Waals surface area (Å²) in [5, 5.41) is 6.42. The van der Waals surface area contributed by atoms with Crippen LogP contribution in [0.3, 0.4) is 0 Å². The number of imidazole rings is 1. The molecule has 10 nitrogen and oxygen atoms in total. The Morgan fingerprint density at radius 1 is 1.03 bits per heavy atom. The summed E-state index contributed by atoms with van der Waals surface area (Å²) in [6, 6.07) is 10.5. The Balaban J connectivity index is 1.34. The minimum Gasteiger partial charge on any atom is -0.497 e. The summed E-state index contributed by atoms with van der Waals surface area (Å²) in [4.78, 5) is 41.6. The zero-order valence-corrected chi connectivity index (χ0v) is 18.7. The van der Waals surface area contributed by atoms with Crippen LogP contribution in [0.5, 0.6) is 5.75 Å². The first-order valence-corrected chi connectivity index (χ1v) is 10.5. The molecule has 0 spiro atoms. The highest BCUT2D eigenvalue weighted by Crippen LogP contribution is 2.23. The summed E-state index contributed by atoms with van der Waals surface area (Å²) < 4.78 is 6.89. The normalized spacial score (nSPS) is 11.0. The van der Waals surface area contributed by atoms with E-state index in [2.05, 4.69) is 30.6 Å². The van der Waals surface area contributed by atoms with Gasteiger partial charge in [0.25, 0.3) is 11.8 Å². The molecule has 10 heteroatoms. The van der Waals surface area contributed by atoms with E-state index in [0.29, 0.717) is 51.0 Å². The predicted molar refractivity (Wildman–Crippen MR) is 127 cm³/mol. The quantitative estimate of drug-likeness (QED) is 0.371. The fourth-order valence-corrected chi connectivity index (χ4v) is 3.74. The van der Waals surface area contributed by atoms with E-state index in [-0.39, 0.29) is 11.8 Å². The molecule has 170 valence electrons. The number of aromatic nitrogens is 5. The Hall–Kier alpha value is -4.73. The first kappa shape index (κ1) is 21.1. The van der Waals surface area contributed by atoms with E-state index in [9.17, 15) is 9.59 Å². The van der Waals surface area contributed by atoms with Crippen molar-refractivity contribution in [2.75, 3.05) is 17.7 Å². The van der Waals surface area contributed by atoms with Gasteiger partial charge in [-0.05, 0) is 49.7 Å². The number of methoxy groups -OCH3 is 1. The third kappa shape index (κ3) is 3.81. The number of pyridine rings is 1. The third-order valence-corrected chi connectivity index (χ3v) is 5.43. The lowest BCUT2D eigenvalue weighted by Gasteiger charge is -2.11. The highest BCUT2D eigenvalue weighted by molar-refractivity contribution is 6.10. The van der Waals surface area contributed by atoms with E-state index in [4.69, 9.17) is 4.74 Å². The van der Waals surface area contributed by atoms with Crippen LogP contribution in [0.25, 0.3) is 16.7 Å². The first-order valence-electron chi connectivity index (χ1n) is 10.5. The number of carbonyl (C=O) groups is 2. The van der Waals surface area contributed by atoms with Crippen molar-refractivity contribution >= 4 is 39.9 Å². The molecule has 0 aliphatic rings. The minimum atomic E-state index is -0.340. The number of anilines is 2. The zero-order chi connectivity index (χ0) is 23.8.